The van der Waals surface area contributed by atoms with Crippen LogP contribution in [0.25, 0.3) is 33.9 Å². The van der Waals surface area contributed by atoms with Gasteiger partial charge >= 0.3 is 0 Å². The van der Waals surface area contributed by atoms with Crippen LogP contribution in [0.3, 0.4) is 0 Å². The highest BCUT2D eigenvalue weighted by atomic mass is 16.5. The van der Waals surface area contributed by atoms with Crippen LogP contribution in [0.1, 0.15) is 0 Å². The van der Waals surface area contributed by atoms with Crippen molar-refractivity contribution in [1.29, 1.82) is 0 Å². The number of nitrogens with zero attached hydrogens (tertiary/aromatic N) is 4. The molecule has 28 heavy (non-hydrogen) atoms. The minimum absolute atomic E-state index is 0.676. The summed E-state index contributed by atoms with van der Waals surface area (Å²) < 4.78 is 10.9. The molecule has 6 heteroatoms. The Morgan fingerprint density at radius 1 is 0.643 bits per heavy atom. The molecule has 3 heterocycles. The number of hydrogen-bond acceptors (Lipinski definition) is 6. The zero-order chi connectivity index (χ0) is 19.3. The number of benzene rings is 1. The van der Waals surface area contributed by atoms with Crippen LogP contribution < -0.4 is 9.47 Å². The monoisotopic (exact) mass is 370 g/mol. The first-order valence-corrected chi connectivity index (χ1v) is 8.72. The summed E-state index contributed by atoms with van der Waals surface area (Å²) in [6.45, 7) is 0. The number of ether oxygens (including phenoxy) is 2. The maximum absolute atomic E-state index is 5.44. The van der Waals surface area contributed by atoms with Gasteiger partial charge in [-0.3, -0.25) is 9.97 Å². The molecule has 0 saturated heterocycles. The molecule has 6 nitrogen and oxygen atoms in total. The SMILES string of the molecule is COc1cc(OC)cc(-c2cc(-c3ccccn3)nnc2-c2ccccn2)c1. The Bertz CT molecular complexity index is 1060. The molecular formula is C22H18N4O2. The molecule has 0 aliphatic rings. The number of rotatable bonds is 5. The predicted octanol–water partition coefficient (Wildman–Crippen LogP) is 4.28. The van der Waals surface area contributed by atoms with Crippen molar-refractivity contribution in [2.75, 3.05) is 14.2 Å². The molecule has 1 aromatic carbocycles. The van der Waals surface area contributed by atoms with Crippen molar-refractivity contribution in [3.63, 3.8) is 0 Å². The van der Waals surface area contributed by atoms with E-state index in [2.05, 4.69) is 20.2 Å². The van der Waals surface area contributed by atoms with Crippen LogP contribution in [0.15, 0.2) is 73.1 Å². The molecule has 4 aromatic rings. The molecule has 4 rings (SSSR count). The van der Waals surface area contributed by atoms with E-state index in [0.717, 1.165) is 22.5 Å². The first kappa shape index (κ1) is 17.6. The van der Waals surface area contributed by atoms with Gasteiger partial charge in [0.1, 0.15) is 22.9 Å². The Morgan fingerprint density at radius 2 is 1.29 bits per heavy atom. The molecule has 0 amide bonds. The fraction of sp³-hybridized carbons (Fsp3) is 0.0909. The van der Waals surface area contributed by atoms with Crippen molar-refractivity contribution in [3.8, 4) is 45.4 Å². The molecule has 0 spiro atoms. The van der Waals surface area contributed by atoms with Gasteiger partial charge in [0.2, 0.25) is 0 Å². The van der Waals surface area contributed by atoms with Gasteiger partial charge < -0.3 is 9.47 Å². The van der Waals surface area contributed by atoms with Gasteiger partial charge in [0.05, 0.1) is 25.6 Å². The summed E-state index contributed by atoms with van der Waals surface area (Å²) in [4.78, 5) is 8.83. The van der Waals surface area contributed by atoms with Crippen LogP contribution in [0, 0.1) is 0 Å². The second kappa shape index (κ2) is 7.84. The zero-order valence-corrected chi connectivity index (χ0v) is 15.5. The van der Waals surface area contributed by atoms with E-state index >= 15 is 0 Å². The Balaban J connectivity index is 1.95. The maximum atomic E-state index is 5.44. The van der Waals surface area contributed by atoms with Gasteiger partial charge in [0.25, 0.3) is 0 Å². The van der Waals surface area contributed by atoms with Crippen LogP contribution in [-0.2, 0) is 0 Å². The largest absolute Gasteiger partial charge is 0.497 e. The van der Waals surface area contributed by atoms with Gasteiger partial charge in [0.15, 0.2) is 0 Å². The Labute approximate surface area is 162 Å². The van der Waals surface area contributed by atoms with Crippen molar-refractivity contribution in [2.24, 2.45) is 0 Å². The number of pyridine rings is 2. The molecule has 138 valence electrons. The lowest BCUT2D eigenvalue weighted by Gasteiger charge is -2.12. The molecule has 0 saturated carbocycles. The van der Waals surface area contributed by atoms with Gasteiger partial charge in [-0.15, -0.1) is 10.2 Å². The van der Waals surface area contributed by atoms with E-state index < -0.39 is 0 Å². The molecule has 0 aliphatic heterocycles. The van der Waals surface area contributed by atoms with E-state index in [0.29, 0.717) is 22.9 Å². The molecule has 0 atom stereocenters. The van der Waals surface area contributed by atoms with E-state index in [1.54, 1.807) is 26.6 Å². The molecule has 0 N–H and O–H groups in total. The van der Waals surface area contributed by atoms with Crippen molar-refractivity contribution in [3.05, 3.63) is 73.1 Å². The summed E-state index contributed by atoms with van der Waals surface area (Å²) in [7, 11) is 3.25. The summed E-state index contributed by atoms with van der Waals surface area (Å²) in [5.41, 5.74) is 4.60. The lowest BCUT2D eigenvalue weighted by Crippen LogP contribution is -1.98. The quantitative estimate of drug-likeness (QED) is 0.522. The van der Waals surface area contributed by atoms with E-state index in [4.69, 9.17) is 9.47 Å². The van der Waals surface area contributed by atoms with Crippen LogP contribution in [0.5, 0.6) is 11.5 Å². The van der Waals surface area contributed by atoms with E-state index in [-0.39, 0.29) is 0 Å². The number of methoxy groups -OCH3 is 2. The van der Waals surface area contributed by atoms with E-state index in [1.807, 2.05) is 60.7 Å². The zero-order valence-electron chi connectivity index (χ0n) is 15.5. The fourth-order valence-electron chi connectivity index (χ4n) is 2.91. The maximum Gasteiger partial charge on any atom is 0.123 e. The molecule has 0 fully saturated rings. The summed E-state index contributed by atoms with van der Waals surface area (Å²) in [5.74, 6) is 1.38. The van der Waals surface area contributed by atoms with Crippen LogP contribution in [0.2, 0.25) is 0 Å². The highest BCUT2D eigenvalue weighted by Crippen LogP contribution is 2.35. The molecular weight excluding hydrogens is 352 g/mol. The van der Waals surface area contributed by atoms with Gasteiger partial charge in [-0.25, -0.2) is 0 Å². The van der Waals surface area contributed by atoms with Crippen LogP contribution in [0.4, 0.5) is 0 Å². The van der Waals surface area contributed by atoms with Crippen molar-refractivity contribution >= 4 is 0 Å². The molecule has 0 aliphatic carbocycles. The fourth-order valence-corrected chi connectivity index (χ4v) is 2.91. The van der Waals surface area contributed by atoms with Crippen LogP contribution in [-0.4, -0.2) is 34.4 Å². The Hall–Kier alpha value is -3.80. The average Bonchev–Trinajstić information content (AvgIpc) is 2.79. The first-order valence-electron chi connectivity index (χ1n) is 8.72. The third-order valence-corrected chi connectivity index (χ3v) is 4.29. The van der Waals surface area contributed by atoms with Gasteiger partial charge in [-0.05, 0) is 48.0 Å². The second-order valence-electron chi connectivity index (χ2n) is 6.02. The lowest BCUT2D eigenvalue weighted by molar-refractivity contribution is 0.394. The minimum Gasteiger partial charge on any atom is -0.497 e. The highest BCUT2D eigenvalue weighted by molar-refractivity contribution is 5.82. The van der Waals surface area contributed by atoms with Crippen molar-refractivity contribution < 1.29 is 9.47 Å². The number of aromatic nitrogens is 4. The van der Waals surface area contributed by atoms with Crippen LogP contribution >= 0.6 is 0 Å². The Morgan fingerprint density at radius 3 is 1.86 bits per heavy atom. The smallest absolute Gasteiger partial charge is 0.123 e. The third-order valence-electron chi connectivity index (χ3n) is 4.29. The lowest BCUT2D eigenvalue weighted by atomic mass is 10.0. The molecule has 0 bridgehead atoms. The van der Waals surface area contributed by atoms with Gasteiger partial charge in [-0.2, -0.15) is 0 Å². The summed E-state index contributed by atoms with van der Waals surface area (Å²) >= 11 is 0. The van der Waals surface area contributed by atoms with Crippen molar-refractivity contribution in [2.45, 2.75) is 0 Å². The summed E-state index contributed by atoms with van der Waals surface area (Å²) in [6, 6.07) is 19.1. The topological polar surface area (TPSA) is 70.0 Å². The predicted molar refractivity (Wildman–Crippen MR) is 107 cm³/mol. The van der Waals surface area contributed by atoms with E-state index in [9.17, 15) is 0 Å². The normalized spacial score (nSPS) is 10.5. The Kier molecular flexibility index (Phi) is 4.93. The average molecular weight is 370 g/mol. The molecule has 3 aromatic heterocycles. The highest BCUT2D eigenvalue weighted by Gasteiger charge is 2.16. The minimum atomic E-state index is 0.676. The van der Waals surface area contributed by atoms with Gasteiger partial charge in [0, 0.05) is 24.0 Å². The number of hydrogen-bond donors (Lipinski definition) is 0. The summed E-state index contributed by atoms with van der Waals surface area (Å²) in [5, 5.41) is 8.86. The van der Waals surface area contributed by atoms with E-state index in [1.165, 1.54) is 0 Å². The molecule has 0 radical (unpaired) electrons. The third kappa shape index (κ3) is 3.53. The van der Waals surface area contributed by atoms with Gasteiger partial charge in [-0.1, -0.05) is 12.1 Å². The standard InChI is InChI=1S/C22H18N4O2/c1-27-16-11-15(12-17(13-16)28-2)18-14-21(19-7-3-5-9-23-19)25-26-22(18)20-8-4-6-10-24-20/h3-14H,1-2H3. The summed E-state index contributed by atoms with van der Waals surface area (Å²) in [6.07, 6.45) is 3.47. The molecule has 0 unspecified atom stereocenters. The second-order valence-corrected chi connectivity index (χ2v) is 6.02. The van der Waals surface area contributed by atoms with Crippen molar-refractivity contribution in [1.82, 2.24) is 20.2 Å². The first-order chi connectivity index (χ1) is 13.8.